The van der Waals surface area contributed by atoms with E-state index in [0.717, 1.165) is 22.8 Å². The second-order valence-corrected chi connectivity index (χ2v) is 4.72. The van der Waals surface area contributed by atoms with E-state index in [1.54, 1.807) is 11.3 Å². The summed E-state index contributed by atoms with van der Waals surface area (Å²) in [6.07, 6.45) is 1.43. The number of hydrogen-bond donors (Lipinski definition) is 1. The van der Waals surface area contributed by atoms with Gasteiger partial charge in [-0.3, -0.25) is 4.79 Å². The lowest BCUT2D eigenvalue weighted by Gasteiger charge is -2.01. The van der Waals surface area contributed by atoms with E-state index in [1.807, 2.05) is 36.6 Å². The summed E-state index contributed by atoms with van der Waals surface area (Å²) in [5, 5.41) is 4.84. The predicted molar refractivity (Wildman–Crippen MR) is 68.8 cm³/mol. The van der Waals surface area contributed by atoms with Crippen molar-refractivity contribution in [3.8, 4) is 10.6 Å². The lowest BCUT2D eigenvalue weighted by atomic mass is 10.3. The maximum absolute atomic E-state index is 11.3. The molecular formula is C13H15NO2S. The van der Waals surface area contributed by atoms with Crippen LogP contribution in [0.3, 0.4) is 0 Å². The molecule has 0 aliphatic rings. The number of thiophene rings is 1. The maximum Gasteiger partial charge on any atom is 0.220 e. The van der Waals surface area contributed by atoms with Gasteiger partial charge in [0.2, 0.25) is 5.91 Å². The Kier molecular flexibility index (Phi) is 3.98. The van der Waals surface area contributed by atoms with Crippen LogP contribution >= 0.6 is 11.3 Å². The Balaban J connectivity index is 1.93. The first kappa shape index (κ1) is 11.9. The van der Waals surface area contributed by atoms with E-state index in [1.165, 1.54) is 0 Å². The predicted octanol–water partition coefficient (Wildman–Crippen LogP) is 3.42. The van der Waals surface area contributed by atoms with Gasteiger partial charge < -0.3 is 9.73 Å². The molecule has 0 radical (unpaired) electrons. The van der Waals surface area contributed by atoms with Gasteiger partial charge in [0.15, 0.2) is 0 Å². The second kappa shape index (κ2) is 5.68. The Morgan fingerprint density at radius 3 is 3.00 bits per heavy atom. The number of hydrogen-bond acceptors (Lipinski definition) is 3. The van der Waals surface area contributed by atoms with Gasteiger partial charge in [-0.1, -0.05) is 13.0 Å². The molecule has 90 valence electrons. The fraction of sp³-hybridized carbons (Fsp3) is 0.308. The van der Waals surface area contributed by atoms with Crippen LogP contribution in [-0.2, 0) is 11.3 Å². The highest BCUT2D eigenvalue weighted by Crippen LogP contribution is 2.26. The molecular weight excluding hydrogens is 234 g/mol. The Morgan fingerprint density at radius 2 is 2.29 bits per heavy atom. The Labute approximate surface area is 104 Å². The minimum Gasteiger partial charge on any atom is -0.458 e. The van der Waals surface area contributed by atoms with Crippen LogP contribution < -0.4 is 5.32 Å². The van der Waals surface area contributed by atoms with E-state index in [-0.39, 0.29) is 5.91 Å². The molecule has 0 unspecified atom stereocenters. The van der Waals surface area contributed by atoms with Gasteiger partial charge in [-0.25, -0.2) is 0 Å². The maximum atomic E-state index is 11.3. The minimum absolute atomic E-state index is 0.0709. The normalized spacial score (nSPS) is 10.4. The molecule has 2 aromatic rings. The first-order valence-electron chi connectivity index (χ1n) is 5.69. The zero-order valence-corrected chi connectivity index (χ0v) is 10.5. The molecule has 0 atom stereocenters. The molecule has 0 spiro atoms. The molecule has 0 bridgehead atoms. The zero-order valence-electron chi connectivity index (χ0n) is 9.73. The fourth-order valence-electron chi connectivity index (χ4n) is 1.53. The van der Waals surface area contributed by atoms with Crippen molar-refractivity contribution in [2.24, 2.45) is 0 Å². The Morgan fingerprint density at radius 1 is 1.41 bits per heavy atom. The monoisotopic (exact) mass is 249 g/mol. The topological polar surface area (TPSA) is 42.2 Å². The van der Waals surface area contributed by atoms with E-state index in [0.29, 0.717) is 13.0 Å². The van der Waals surface area contributed by atoms with E-state index in [9.17, 15) is 4.79 Å². The van der Waals surface area contributed by atoms with E-state index in [4.69, 9.17) is 4.42 Å². The summed E-state index contributed by atoms with van der Waals surface area (Å²) in [7, 11) is 0. The lowest BCUT2D eigenvalue weighted by Crippen LogP contribution is -2.21. The average molecular weight is 249 g/mol. The minimum atomic E-state index is 0.0709. The van der Waals surface area contributed by atoms with Crippen molar-refractivity contribution < 1.29 is 9.21 Å². The molecule has 2 rings (SSSR count). The van der Waals surface area contributed by atoms with Gasteiger partial charge in [0, 0.05) is 6.42 Å². The van der Waals surface area contributed by atoms with Crippen LogP contribution in [0.15, 0.2) is 34.1 Å². The average Bonchev–Trinajstić information content (AvgIpc) is 2.97. The summed E-state index contributed by atoms with van der Waals surface area (Å²) in [6.45, 7) is 2.45. The van der Waals surface area contributed by atoms with E-state index >= 15 is 0 Å². The van der Waals surface area contributed by atoms with Crippen molar-refractivity contribution in [1.82, 2.24) is 5.32 Å². The molecule has 17 heavy (non-hydrogen) atoms. The van der Waals surface area contributed by atoms with Gasteiger partial charge in [-0.15, -0.1) is 11.3 Å². The SMILES string of the molecule is CCCC(=O)NCc1ccc(-c2cccs2)o1. The number of carbonyl (C=O) groups is 1. The highest BCUT2D eigenvalue weighted by atomic mass is 32.1. The summed E-state index contributed by atoms with van der Waals surface area (Å²) in [5.74, 6) is 1.72. The van der Waals surface area contributed by atoms with Crippen molar-refractivity contribution in [1.29, 1.82) is 0 Å². The lowest BCUT2D eigenvalue weighted by molar-refractivity contribution is -0.121. The van der Waals surface area contributed by atoms with Gasteiger partial charge in [0.1, 0.15) is 11.5 Å². The standard InChI is InChI=1S/C13H15NO2S/c1-2-4-13(15)14-9-10-6-7-11(16-10)12-5-3-8-17-12/h3,5-8H,2,4,9H2,1H3,(H,14,15). The largest absolute Gasteiger partial charge is 0.458 e. The van der Waals surface area contributed by atoms with Crippen LogP contribution in [0.2, 0.25) is 0 Å². The zero-order chi connectivity index (χ0) is 12.1. The van der Waals surface area contributed by atoms with Gasteiger partial charge in [-0.05, 0) is 30.0 Å². The molecule has 2 aromatic heterocycles. The number of amides is 1. The smallest absolute Gasteiger partial charge is 0.220 e. The summed E-state index contributed by atoms with van der Waals surface area (Å²) in [5.41, 5.74) is 0. The van der Waals surface area contributed by atoms with Crippen molar-refractivity contribution in [2.75, 3.05) is 0 Å². The van der Waals surface area contributed by atoms with Crippen LogP contribution in [0, 0.1) is 0 Å². The second-order valence-electron chi connectivity index (χ2n) is 3.77. The number of rotatable bonds is 5. The summed E-state index contributed by atoms with van der Waals surface area (Å²) in [4.78, 5) is 12.4. The van der Waals surface area contributed by atoms with Crippen molar-refractivity contribution in [3.05, 3.63) is 35.4 Å². The Bertz CT molecular complexity index is 473. The van der Waals surface area contributed by atoms with Gasteiger partial charge in [0.25, 0.3) is 0 Å². The van der Waals surface area contributed by atoms with Crippen LogP contribution in [0.4, 0.5) is 0 Å². The summed E-state index contributed by atoms with van der Waals surface area (Å²) >= 11 is 1.64. The van der Waals surface area contributed by atoms with Crippen LogP contribution in [0.5, 0.6) is 0 Å². The number of furan rings is 1. The van der Waals surface area contributed by atoms with E-state index < -0.39 is 0 Å². The third-order valence-electron chi connectivity index (χ3n) is 2.36. The molecule has 0 aliphatic carbocycles. The molecule has 0 fully saturated rings. The summed E-state index contributed by atoms with van der Waals surface area (Å²) < 4.78 is 5.65. The van der Waals surface area contributed by atoms with Crippen LogP contribution in [-0.4, -0.2) is 5.91 Å². The third kappa shape index (κ3) is 3.20. The first-order chi connectivity index (χ1) is 8.29. The molecule has 3 nitrogen and oxygen atoms in total. The number of nitrogens with one attached hydrogen (secondary N) is 1. The van der Waals surface area contributed by atoms with Gasteiger partial charge in [-0.2, -0.15) is 0 Å². The van der Waals surface area contributed by atoms with E-state index in [2.05, 4.69) is 5.32 Å². The molecule has 2 heterocycles. The highest BCUT2D eigenvalue weighted by Gasteiger charge is 2.06. The fourth-order valence-corrected chi connectivity index (χ4v) is 2.21. The summed E-state index contributed by atoms with van der Waals surface area (Å²) in [6, 6.07) is 7.85. The highest BCUT2D eigenvalue weighted by molar-refractivity contribution is 7.13. The van der Waals surface area contributed by atoms with Gasteiger partial charge >= 0.3 is 0 Å². The molecule has 1 amide bonds. The van der Waals surface area contributed by atoms with Crippen molar-refractivity contribution >= 4 is 17.2 Å². The Hall–Kier alpha value is -1.55. The van der Waals surface area contributed by atoms with Crippen LogP contribution in [0.25, 0.3) is 10.6 Å². The van der Waals surface area contributed by atoms with Crippen molar-refractivity contribution in [3.63, 3.8) is 0 Å². The van der Waals surface area contributed by atoms with Gasteiger partial charge in [0.05, 0.1) is 11.4 Å². The molecule has 0 aliphatic heterocycles. The van der Waals surface area contributed by atoms with Crippen LogP contribution in [0.1, 0.15) is 25.5 Å². The molecule has 0 saturated carbocycles. The molecule has 0 saturated heterocycles. The molecule has 4 heteroatoms. The number of carbonyl (C=O) groups excluding carboxylic acids is 1. The quantitative estimate of drug-likeness (QED) is 0.882. The third-order valence-corrected chi connectivity index (χ3v) is 3.25. The molecule has 0 aromatic carbocycles. The van der Waals surface area contributed by atoms with Crippen molar-refractivity contribution in [2.45, 2.75) is 26.3 Å². The first-order valence-corrected chi connectivity index (χ1v) is 6.57. The molecule has 1 N–H and O–H groups in total.